The first kappa shape index (κ1) is 10.1. The van der Waals surface area contributed by atoms with Crippen LogP contribution < -0.4 is 0 Å². The van der Waals surface area contributed by atoms with Crippen molar-refractivity contribution in [3.05, 3.63) is 23.3 Å². The van der Waals surface area contributed by atoms with Crippen LogP contribution in [0.4, 0.5) is 0 Å². The van der Waals surface area contributed by atoms with Gasteiger partial charge in [-0.15, -0.1) is 0 Å². The molecule has 0 atom stereocenters. The molecule has 6 nitrogen and oxygen atoms in total. The van der Waals surface area contributed by atoms with Crippen LogP contribution in [0.5, 0.6) is 0 Å². The second-order valence-corrected chi connectivity index (χ2v) is 4.14. The van der Waals surface area contributed by atoms with Crippen LogP contribution >= 0.6 is 0 Å². The van der Waals surface area contributed by atoms with Crippen molar-refractivity contribution in [2.45, 2.75) is 25.7 Å². The predicted molar refractivity (Wildman–Crippen MR) is 55.7 cm³/mol. The number of hydrogen-bond acceptors (Lipinski definition) is 5. The quantitative estimate of drug-likeness (QED) is 0.875. The maximum atomic E-state index is 11.0. The maximum Gasteiger partial charge on any atom is 0.373 e. The Labute approximate surface area is 96.2 Å². The highest BCUT2D eigenvalue weighted by molar-refractivity contribution is 5.86. The van der Waals surface area contributed by atoms with Crippen molar-refractivity contribution >= 4 is 5.97 Å². The molecule has 1 fully saturated rings. The molecule has 0 radical (unpaired) electrons. The molecule has 88 valence electrons. The number of carboxylic acids is 1. The molecule has 2 aromatic heterocycles. The van der Waals surface area contributed by atoms with Crippen LogP contribution in [-0.4, -0.2) is 21.2 Å². The zero-order valence-corrected chi connectivity index (χ0v) is 9.14. The summed E-state index contributed by atoms with van der Waals surface area (Å²) in [5.41, 5.74) is 0.949. The van der Waals surface area contributed by atoms with E-state index in [2.05, 4.69) is 10.1 Å². The van der Waals surface area contributed by atoms with Gasteiger partial charge in [-0.1, -0.05) is 5.16 Å². The van der Waals surface area contributed by atoms with Crippen molar-refractivity contribution in [3.8, 4) is 11.6 Å². The molecule has 0 spiro atoms. The van der Waals surface area contributed by atoms with E-state index in [9.17, 15) is 4.79 Å². The Morgan fingerprint density at radius 2 is 2.29 bits per heavy atom. The zero-order valence-electron chi connectivity index (χ0n) is 9.14. The van der Waals surface area contributed by atoms with Crippen LogP contribution in [0, 0.1) is 6.92 Å². The van der Waals surface area contributed by atoms with Gasteiger partial charge < -0.3 is 14.0 Å². The second-order valence-electron chi connectivity index (χ2n) is 4.14. The summed E-state index contributed by atoms with van der Waals surface area (Å²) in [5.74, 6) is -0.121. The van der Waals surface area contributed by atoms with E-state index in [1.165, 1.54) is 0 Å². The third-order valence-electron chi connectivity index (χ3n) is 2.66. The smallest absolute Gasteiger partial charge is 0.373 e. The lowest BCUT2D eigenvalue weighted by atomic mass is 10.2. The summed E-state index contributed by atoms with van der Waals surface area (Å²) < 4.78 is 10.2. The van der Waals surface area contributed by atoms with Gasteiger partial charge in [-0.05, 0) is 19.8 Å². The van der Waals surface area contributed by atoms with Gasteiger partial charge in [0.05, 0.1) is 5.69 Å². The van der Waals surface area contributed by atoms with Crippen molar-refractivity contribution in [2.75, 3.05) is 0 Å². The largest absolute Gasteiger partial charge is 0.475 e. The van der Waals surface area contributed by atoms with Gasteiger partial charge in [0.1, 0.15) is 5.76 Å². The molecule has 0 aliphatic heterocycles. The number of nitrogens with zero attached hydrogens (tertiary/aromatic N) is 2. The molecule has 3 rings (SSSR count). The zero-order chi connectivity index (χ0) is 12.0. The summed E-state index contributed by atoms with van der Waals surface area (Å²) in [5, 5.41) is 12.8. The summed E-state index contributed by atoms with van der Waals surface area (Å²) in [7, 11) is 0. The third-order valence-corrected chi connectivity index (χ3v) is 2.66. The highest BCUT2D eigenvalue weighted by Crippen LogP contribution is 2.42. The number of aryl methyl sites for hydroxylation is 1. The van der Waals surface area contributed by atoms with Crippen LogP contribution in [0.1, 0.15) is 40.8 Å². The molecule has 2 heterocycles. The van der Waals surface area contributed by atoms with Gasteiger partial charge in [-0.25, -0.2) is 9.78 Å². The Hall–Kier alpha value is -2.11. The topological polar surface area (TPSA) is 89.4 Å². The van der Waals surface area contributed by atoms with Gasteiger partial charge in [-0.3, -0.25) is 0 Å². The molecular formula is C11H10N2O4. The van der Waals surface area contributed by atoms with Crippen LogP contribution in [0.25, 0.3) is 11.6 Å². The average molecular weight is 234 g/mol. The van der Waals surface area contributed by atoms with Crippen molar-refractivity contribution < 1.29 is 18.8 Å². The molecule has 17 heavy (non-hydrogen) atoms. The summed E-state index contributed by atoms with van der Waals surface area (Å²) in [6.45, 7) is 1.75. The minimum atomic E-state index is -1.09. The number of aromatic nitrogens is 2. The van der Waals surface area contributed by atoms with E-state index in [0.717, 1.165) is 12.8 Å². The van der Waals surface area contributed by atoms with E-state index in [-0.39, 0.29) is 17.6 Å². The van der Waals surface area contributed by atoms with Gasteiger partial charge in [0, 0.05) is 12.0 Å². The van der Waals surface area contributed by atoms with Crippen molar-refractivity contribution in [3.63, 3.8) is 0 Å². The SMILES string of the molecule is Cc1cc(-c2nc(C3CC3)c(C(=O)O)o2)no1. The first-order valence-corrected chi connectivity index (χ1v) is 5.33. The third kappa shape index (κ3) is 1.71. The van der Waals surface area contributed by atoms with E-state index in [0.29, 0.717) is 17.1 Å². The lowest BCUT2D eigenvalue weighted by Gasteiger charge is -1.89. The van der Waals surface area contributed by atoms with Gasteiger partial charge in [0.2, 0.25) is 11.7 Å². The Kier molecular flexibility index (Phi) is 2.04. The van der Waals surface area contributed by atoms with Crippen LogP contribution in [0.15, 0.2) is 15.0 Å². The fourth-order valence-corrected chi connectivity index (χ4v) is 1.70. The van der Waals surface area contributed by atoms with E-state index < -0.39 is 5.97 Å². The van der Waals surface area contributed by atoms with E-state index in [1.807, 2.05) is 0 Å². The highest BCUT2D eigenvalue weighted by atomic mass is 16.5. The molecule has 6 heteroatoms. The predicted octanol–water partition coefficient (Wildman–Crippen LogP) is 2.21. The summed E-state index contributed by atoms with van der Waals surface area (Å²) in [4.78, 5) is 15.2. The molecular weight excluding hydrogens is 224 g/mol. The second kappa shape index (κ2) is 3.44. The molecule has 1 N–H and O–H groups in total. The molecule has 1 saturated carbocycles. The van der Waals surface area contributed by atoms with Crippen molar-refractivity contribution in [1.82, 2.24) is 10.1 Å². The Bertz CT molecular complexity index is 580. The minimum Gasteiger partial charge on any atom is -0.475 e. The van der Waals surface area contributed by atoms with Gasteiger partial charge in [0.25, 0.3) is 0 Å². The van der Waals surface area contributed by atoms with Crippen molar-refractivity contribution in [2.24, 2.45) is 0 Å². The first-order chi connectivity index (χ1) is 8.15. The lowest BCUT2D eigenvalue weighted by Crippen LogP contribution is -1.98. The summed E-state index contributed by atoms with van der Waals surface area (Å²) in [6, 6.07) is 1.66. The van der Waals surface area contributed by atoms with Gasteiger partial charge in [0.15, 0.2) is 5.69 Å². The highest BCUT2D eigenvalue weighted by Gasteiger charge is 2.34. The average Bonchev–Trinajstić information content (AvgIpc) is 2.87. The molecule has 0 bridgehead atoms. The molecule has 2 aromatic rings. The van der Waals surface area contributed by atoms with Gasteiger partial charge >= 0.3 is 5.97 Å². The fraction of sp³-hybridized carbons (Fsp3) is 0.364. The van der Waals surface area contributed by atoms with Crippen LogP contribution in [-0.2, 0) is 0 Å². The summed E-state index contributed by atoms with van der Waals surface area (Å²) >= 11 is 0. The Morgan fingerprint density at radius 1 is 1.53 bits per heavy atom. The molecule has 0 amide bonds. The Balaban J connectivity index is 2.06. The van der Waals surface area contributed by atoms with E-state index in [4.69, 9.17) is 14.0 Å². The maximum absolute atomic E-state index is 11.0. The molecule has 0 aromatic carbocycles. The number of rotatable bonds is 3. The number of carbonyl (C=O) groups is 1. The van der Waals surface area contributed by atoms with E-state index in [1.54, 1.807) is 13.0 Å². The molecule has 1 aliphatic carbocycles. The lowest BCUT2D eigenvalue weighted by molar-refractivity contribution is 0.0661. The number of aromatic carboxylic acids is 1. The van der Waals surface area contributed by atoms with E-state index >= 15 is 0 Å². The molecule has 0 unspecified atom stereocenters. The monoisotopic (exact) mass is 234 g/mol. The standard InChI is InChI=1S/C11H10N2O4/c1-5-4-7(13-17-5)10-12-8(6-2-3-6)9(16-10)11(14)15/h4,6H,2-3H2,1H3,(H,14,15). The van der Waals surface area contributed by atoms with Crippen LogP contribution in [0.3, 0.4) is 0 Å². The summed E-state index contributed by atoms with van der Waals surface area (Å²) in [6.07, 6.45) is 1.92. The van der Waals surface area contributed by atoms with Gasteiger partial charge in [-0.2, -0.15) is 0 Å². The number of oxazole rings is 1. The number of carboxylic acid groups (broad SMARTS) is 1. The Morgan fingerprint density at radius 3 is 2.82 bits per heavy atom. The molecule has 0 saturated heterocycles. The van der Waals surface area contributed by atoms with Crippen molar-refractivity contribution in [1.29, 1.82) is 0 Å². The normalized spacial score (nSPS) is 15.1. The first-order valence-electron chi connectivity index (χ1n) is 5.33. The fourth-order valence-electron chi connectivity index (χ4n) is 1.70. The minimum absolute atomic E-state index is 0.0804. The molecule has 1 aliphatic rings. The number of hydrogen-bond donors (Lipinski definition) is 1. The van der Waals surface area contributed by atoms with Crippen LogP contribution in [0.2, 0.25) is 0 Å².